The highest BCUT2D eigenvalue weighted by atomic mass is 35.5. The molecule has 1 saturated heterocycles. The second-order valence-electron chi connectivity index (χ2n) is 4.92. The summed E-state index contributed by atoms with van der Waals surface area (Å²) in [5, 5.41) is 20.1. The summed E-state index contributed by atoms with van der Waals surface area (Å²) in [6.45, 7) is 1.19. The fraction of sp³-hybridized carbons (Fsp3) is 0.462. The van der Waals surface area contributed by atoms with Gasteiger partial charge in [0.2, 0.25) is 0 Å². The number of halogens is 1. The molecule has 0 amide bonds. The number of aliphatic carboxylic acids is 1. The summed E-state index contributed by atoms with van der Waals surface area (Å²) in [5.74, 6) is -0.822. The molecule has 0 aliphatic carbocycles. The van der Waals surface area contributed by atoms with Crippen LogP contribution >= 0.6 is 11.6 Å². The van der Waals surface area contributed by atoms with Crippen LogP contribution in [0.1, 0.15) is 19.3 Å². The zero-order chi connectivity index (χ0) is 14.7. The van der Waals surface area contributed by atoms with Crippen molar-refractivity contribution in [2.24, 2.45) is 5.92 Å². The van der Waals surface area contributed by atoms with E-state index in [4.69, 9.17) is 16.7 Å². The monoisotopic (exact) mass is 298 g/mol. The van der Waals surface area contributed by atoms with Crippen LogP contribution in [0.5, 0.6) is 0 Å². The van der Waals surface area contributed by atoms with Crippen LogP contribution < -0.4 is 4.90 Å². The number of hydrogen-bond donors (Lipinski definition) is 1. The summed E-state index contributed by atoms with van der Waals surface area (Å²) < 4.78 is 0. The molecule has 0 saturated carbocycles. The highest BCUT2D eigenvalue weighted by Gasteiger charge is 2.28. The van der Waals surface area contributed by atoms with E-state index in [0.717, 1.165) is 12.8 Å². The first-order valence-corrected chi connectivity index (χ1v) is 6.76. The molecule has 1 heterocycles. The van der Waals surface area contributed by atoms with Crippen molar-refractivity contribution in [1.82, 2.24) is 0 Å². The predicted molar refractivity (Wildman–Crippen MR) is 75.3 cm³/mol. The van der Waals surface area contributed by atoms with Crippen LogP contribution in [0, 0.1) is 16.0 Å². The number of para-hydroxylation sites is 1. The number of nitrogens with zero attached hydrogens (tertiary/aromatic N) is 2. The maximum atomic E-state index is 11.1. The Balaban J connectivity index is 2.25. The van der Waals surface area contributed by atoms with Crippen molar-refractivity contribution in [2.75, 3.05) is 18.0 Å². The number of piperidine rings is 1. The van der Waals surface area contributed by atoms with Gasteiger partial charge in [0.15, 0.2) is 0 Å². The molecule has 20 heavy (non-hydrogen) atoms. The molecule has 1 aromatic rings. The van der Waals surface area contributed by atoms with Gasteiger partial charge in [0, 0.05) is 19.5 Å². The predicted octanol–water partition coefficient (Wildman–Crippen LogP) is 2.94. The summed E-state index contributed by atoms with van der Waals surface area (Å²) in [6.07, 6.45) is 1.74. The van der Waals surface area contributed by atoms with Gasteiger partial charge in [-0.2, -0.15) is 0 Å². The first-order chi connectivity index (χ1) is 9.49. The molecular formula is C13H15ClN2O4. The summed E-state index contributed by atoms with van der Waals surface area (Å²) in [4.78, 5) is 23.3. The Hall–Kier alpha value is -1.82. The van der Waals surface area contributed by atoms with Gasteiger partial charge in [0.05, 0.1) is 4.92 Å². The van der Waals surface area contributed by atoms with Gasteiger partial charge in [-0.15, -0.1) is 0 Å². The molecule has 1 aromatic carbocycles. The summed E-state index contributed by atoms with van der Waals surface area (Å²) in [6, 6.07) is 4.82. The van der Waals surface area contributed by atoms with E-state index in [2.05, 4.69) is 0 Å². The van der Waals surface area contributed by atoms with Gasteiger partial charge in [0.1, 0.15) is 10.7 Å². The Kier molecular flexibility index (Phi) is 4.44. The number of rotatable bonds is 4. The molecule has 0 radical (unpaired) electrons. The molecule has 1 fully saturated rings. The third-order valence-corrected chi connectivity index (χ3v) is 3.78. The van der Waals surface area contributed by atoms with Crippen molar-refractivity contribution >= 4 is 28.9 Å². The summed E-state index contributed by atoms with van der Waals surface area (Å²) in [7, 11) is 0. The van der Waals surface area contributed by atoms with E-state index in [9.17, 15) is 14.9 Å². The lowest BCUT2D eigenvalue weighted by atomic mass is 9.94. The number of hydrogen-bond acceptors (Lipinski definition) is 4. The molecule has 1 N–H and O–H groups in total. The van der Waals surface area contributed by atoms with E-state index in [1.807, 2.05) is 4.90 Å². The molecule has 1 atom stereocenters. The highest BCUT2D eigenvalue weighted by molar-refractivity contribution is 6.33. The maximum Gasteiger partial charge on any atom is 0.310 e. The minimum atomic E-state index is -0.836. The van der Waals surface area contributed by atoms with Gasteiger partial charge in [-0.05, 0) is 30.9 Å². The van der Waals surface area contributed by atoms with Crippen LogP contribution in [0.3, 0.4) is 0 Å². The zero-order valence-corrected chi connectivity index (χ0v) is 11.5. The standard InChI is InChI=1S/C13H15ClN2O4/c14-10-4-1-5-11(13(10)16(19)20)15-6-2-3-9(8-15)7-12(17)18/h1,4-5,9H,2-3,6-8H2,(H,17,18). The fourth-order valence-corrected chi connectivity index (χ4v) is 2.88. The zero-order valence-electron chi connectivity index (χ0n) is 10.8. The lowest BCUT2D eigenvalue weighted by molar-refractivity contribution is -0.384. The van der Waals surface area contributed by atoms with Crippen molar-refractivity contribution in [3.63, 3.8) is 0 Å². The average molecular weight is 299 g/mol. The molecular weight excluding hydrogens is 284 g/mol. The fourth-order valence-electron chi connectivity index (χ4n) is 2.64. The molecule has 1 unspecified atom stereocenters. The first kappa shape index (κ1) is 14.6. The van der Waals surface area contributed by atoms with Crippen molar-refractivity contribution in [1.29, 1.82) is 0 Å². The number of carboxylic acid groups (broad SMARTS) is 1. The molecule has 6 nitrogen and oxygen atoms in total. The van der Waals surface area contributed by atoms with Crippen LogP contribution in [-0.2, 0) is 4.79 Å². The Morgan fingerprint density at radius 1 is 1.55 bits per heavy atom. The SMILES string of the molecule is O=C(O)CC1CCCN(c2cccc(Cl)c2[N+](=O)[O-])C1. The van der Waals surface area contributed by atoms with Crippen molar-refractivity contribution in [3.05, 3.63) is 33.3 Å². The maximum absolute atomic E-state index is 11.1. The molecule has 0 spiro atoms. The van der Waals surface area contributed by atoms with Gasteiger partial charge < -0.3 is 10.0 Å². The van der Waals surface area contributed by atoms with Gasteiger partial charge >= 0.3 is 11.7 Å². The second kappa shape index (κ2) is 6.09. The number of nitro groups is 1. The summed E-state index contributed by atoms with van der Waals surface area (Å²) >= 11 is 5.90. The molecule has 0 bridgehead atoms. The van der Waals surface area contributed by atoms with E-state index in [1.54, 1.807) is 12.1 Å². The van der Waals surface area contributed by atoms with E-state index in [0.29, 0.717) is 18.8 Å². The van der Waals surface area contributed by atoms with Gasteiger partial charge in [-0.3, -0.25) is 14.9 Å². The Bertz CT molecular complexity index is 535. The van der Waals surface area contributed by atoms with Gasteiger partial charge in [-0.25, -0.2) is 0 Å². The Morgan fingerprint density at radius 3 is 2.95 bits per heavy atom. The smallest absolute Gasteiger partial charge is 0.310 e. The lowest BCUT2D eigenvalue weighted by Gasteiger charge is -2.33. The molecule has 108 valence electrons. The van der Waals surface area contributed by atoms with Crippen molar-refractivity contribution in [3.8, 4) is 0 Å². The van der Waals surface area contributed by atoms with Crippen LogP contribution in [-0.4, -0.2) is 29.1 Å². The highest BCUT2D eigenvalue weighted by Crippen LogP contribution is 2.37. The number of anilines is 1. The number of nitro benzene ring substituents is 1. The molecule has 1 aliphatic heterocycles. The van der Waals surface area contributed by atoms with Crippen molar-refractivity contribution < 1.29 is 14.8 Å². The third kappa shape index (κ3) is 3.19. The van der Waals surface area contributed by atoms with Crippen molar-refractivity contribution in [2.45, 2.75) is 19.3 Å². The molecule has 7 heteroatoms. The number of carboxylic acids is 1. The van der Waals surface area contributed by atoms with E-state index < -0.39 is 10.9 Å². The normalized spacial score (nSPS) is 18.9. The van der Waals surface area contributed by atoms with Crippen LogP contribution in [0.25, 0.3) is 0 Å². The molecule has 0 aromatic heterocycles. The Labute approximate surface area is 121 Å². The third-order valence-electron chi connectivity index (χ3n) is 3.47. The van der Waals surface area contributed by atoms with E-state index >= 15 is 0 Å². The topological polar surface area (TPSA) is 83.7 Å². The first-order valence-electron chi connectivity index (χ1n) is 6.38. The molecule has 1 aliphatic rings. The van der Waals surface area contributed by atoms with Gasteiger partial charge in [-0.1, -0.05) is 17.7 Å². The minimum absolute atomic E-state index is 0.0137. The minimum Gasteiger partial charge on any atom is -0.481 e. The van der Waals surface area contributed by atoms with E-state index in [1.165, 1.54) is 6.07 Å². The second-order valence-corrected chi connectivity index (χ2v) is 5.32. The average Bonchev–Trinajstić information content (AvgIpc) is 2.37. The number of carbonyl (C=O) groups is 1. The largest absolute Gasteiger partial charge is 0.481 e. The van der Waals surface area contributed by atoms with Crippen LogP contribution in [0.4, 0.5) is 11.4 Å². The number of benzene rings is 1. The lowest BCUT2D eigenvalue weighted by Crippen LogP contribution is -2.36. The quantitative estimate of drug-likeness (QED) is 0.682. The Morgan fingerprint density at radius 2 is 2.30 bits per heavy atom. The van der Waals surface area contributed by atoms with Crippen LogP contribution in [0.2, 0.25) is 5.02 Å². The molecule has 2 rings (SSSR count). The van der Waals surface area contributed by atoms with E-state index in [-0.39, 0.29) is 23.0 Å². The van der Waals surface area contributed by atoms with Crippen LogP contribution in [0.15, 0.2) is 18.2 Å². The summed E-state index contributed by atoms with van der Waals surface area (Å²) in [5.41, 5.74) is 0.364. The van der Waals surface area contributed by atoms with Gasteiger partial charge in [0.25, 0.3) is 0 Å².